The van der Waals surface area contributed by atoms with Crippen LogP contribution in [0.4, 0.5) is 5.69 Å². The van der Waals surface area contributed by atoms with E-state index in [1.807, 2.05) is 25.2 Å². The number of nitrogens with zero attached hydrogens (tertiary/aromatic N) is 2. The Morgan fingerprint density at radius 1 is 1.39 bits per heavy atom. The van der Waals surface area contributed by atoms with Crippen molar-refractivity contribution in [1.82, 2.24) is 0 Å². The molecule has 18 heavy (non-hydrogen) atoms. The molecule has 0 aliphatic rings. The molecular weight excluding hydrogens is 294 g/mol. The van der Waals surface area contributed by atoms with Gasteiger partial charge in [0.1, 0.15) is 0 Å². The van der Waals surface area contributed by atoms with E-state index in [-0.39, 0.29) is 5.84 Å². The normalized spacial score (nSPS) is 13.8. The maximum Gasteiger partial charge on any atom is 0.172 e. The molecule has 100 valence electrons. The Balaban J connectivity index is 3.25. The van der Waals surface area contributed by atoms with Gasteiger partial charge in [0.25, 0.3) is 0 Å². The first kappa shape index (κ1) is 14.8. The highest BCUT2D eigenvalue weighted by Gasteiger charge is 2.18. The van der Waals surface area contributed by atoms with Gasteiger partial charge in [-0.1, -0.05) is 34.9 Å². The van der Waals surface area contributed by atoms with E-state index >= 15 is 0 Å². The molecule has 0 saturated carbocycles. The van der Waals surface area contributed by atoms with Crippen LogP contribution >= 0.6 is 15.9 Å². The van der Waals surface area contributed by atoms with Gasteiger partial charge in [0.15, 0.2) is 5.84 Å². The number of hydrogen-bond donors (Lipinski definition) is 2. The molecule has 0 spiro atoms. The Kier molecular flexibility index (Phi) is 5.02. The zero-order chi connectivity index (χ0) is 13.9. The molecule has 1 aromatic carbocycles. The molecule has 3 N–H and O–H groups in total. The van der Waals surface area contributed by atoms with Crippen LogP contribution in [0.5, 0.6) is 0 Å². The van der Waals surface area contributed by atoms with Gasteiger partial charge in [-0.15, -0.1) is 0 Å². The molecule has 0 aliphatic heterocycles. The van der Waals surface area contributed by atoms with Crippen LogP contribution < -0.4 is 10.6 Å². The van der Waals surface area contributed by atoms with E-state index in [0.29, 0.717) is 12.0 Å². The third-order valence-corrected chi connectivity index (χ3v) is 3.79. The van der Waals surface area contributed by atoms with Crippen molar-refractivity contribution in [3.63, 3.8) is 0 Å². The van der Waals surface area contributed by atoms with E-state index < -0.39 is 0 Å². The molecule has 0 amide bonds. The first-order chi connectivity index (χ1) is 8.38. The van der Waals surface area contributed by atoms with Crippen LogP contribution in [0.2, 0.25) is 0 Å². The first-order valence-electron chi connectivity index (χ1n) is 5.88. The lowest BCUT2D eigenvalue weighted by atomic mass is 10.0. The lowest BCUT2D eigenvalue weighted by Crippen LogP contribution is -2.34. The number of rotatable bonds is 4. The summed E-state index contributed by atoms with van der Waals surface area (Å²) in [5, 5.41) is 11.9. The monoisotopic (exact) mass is 313 g/mol. The van der Waals surface area contributed by atoms with Crippen LogP contribution in [0.3, 0.4) is 0 Å². The highest BCUT2D eigenvalue weighted by atomic mass is 79.9. The average molecular weight is 314 g/mol. The van der Waals surface area contributed by atoms with Crippen LogP contribution in [0.1, 0.15) is 26.3 Å². The van der Waals surface area contributed by atoms with Crippen molar-refractivity contribution in [2.45, 2.75) is 26.8 Å². The minimum atomic E-state index is 0.125. The fraction of sp³-hybridized carbons (Fsp3) is 0.462. The molecule has 0 heterocycles. The summed E-state index contributed by atoms with van der Waals surface area (Å²) < 4.78 is 0.967. The standard InChI is InChI=1S/C13H20BrN3O/c1-8(2)9(3)17(4)12-7-10(14)5-6-11(12)13(15)16-18/h5-9,18H,1-4H3,(H2,15,16). The number of hydrogen-bond acceptors (Lipinski definition) is 3. The lowest BCUT2D eigenvalue weighted by Gasteiger charge is -2.31. The van der Waals surface area contributed by atoms with Crippen LogP contribution in [0, 0.1) is 5.92 Å². The summed E-state index contributed by atoms with van der Waals surface area (Å²) in [5.74, 6) is 0.634. The fourth-order valence-electron chi connectivity index (χ4n) is 1.73. The molecule has 5 heteroatoms. The SMILES string of the molecule is CC(C)C(C)N(C)c1cc(Br)ccc1/C(N)=N/O. The number of halogens is 1. The van der Waals surface area contributed by atoms with Crippen molar-refractivity contribution in [2.24, 2.45) is 16.8 Å². The summed E-state index contributed by atoms with van der Waals surface area (Å²) >= 11 is 3.45. The molecule has 0 saturated heterocycles. The van der Waals surface area contributed by atoms with Crippen LogP contribution in [0.25, 0.3) is 0 Å². The van der Waals surface area contributed by atoms with E-state index in [4.69, 9.17) is 10.9 Å². The molecule has 1 atom stereocenters. The lowest BCUT2D eigenvalue weighted by molar-refractivity contribution is 0.318. The molecule has 0 fully saturated rings. The smallest absolute Gasteiger partial charge is 0.172 e. The maximum atomic E-state index is 8.84. The number of amidine groups is 1. The number of nitrogens with two attached hydrogens (primary N) is 1. The van der Waals surface area contributed by atoms with Crippen molar-refractivity contribution >= 4 is 27.5 Å². The highest BCUT2D eigenvalue weighted by Crippen LogP contribution is 2.27. The summed E-state index contributed by atoms with van der Waals surface area (Å²) in [7, 11) is 2.01. The number of benzene rings is 1. The summed E-state index contributed by atoms with van der Waals surface area (Å²) in [6, 6.07) is 6.05. The van der Waals surface area contributed by atoms with Gasteiger partial charge in [0.05, 0.1) is 0 Å². The predicted octanol–water partition coefficient (Wildman–Crippen LogP) is 3.02. The van der Waals surface area contributed by atoms with Gasteiger partial charge in [-0.05, 0) is 31.0 Å². The van der Waals surface area contributed by atoms with Crippen molar-refractivity contribution < 1.29 is 5.21 Å². The Labute approximate surface area is 117 Å². The number of oxime groups is 1. The molecule has 1 unspecified atom stereocenters. The van der Waals surface area contributed by atoms with Gasteiger partial charge in [-0.2, -0.15) is 0 Å². The summed E-state index contributed by atoms with van der Waals surface area (Å²) in [5.41, 5.74) is 7.39. The zero-order valence-electron chi connectivity index (χ0n) is 11.2. The van der Waals surface area contributed by atoms with Gasteiger partial charge in [0.2, 0.25) is 0 Å². The van der Waals surface area contributed by atoms with Crippen molar-refractivity contribution in [3.05, 3.63) is 28.2 Å². The van der Waals surface area contributed by atoms with Gasteiger partial charge in [0, 0.05) is 28.8 Å². The third-order valence-electron chi connectivity index (χ3n) is 3.30. The van der Waals surface area contributed by atoms with Crippen molar-refractivity contribution in [3.8, 4) is 0 Å². The second kappa shape index (κ2) is 6.09. The fourth-order valence-corrected chi connectivity index (χ4v) is 2.08. The Hall–Kier alpha value is -1.23. The molecule has 1 aromatic rings. The van der Waals surface area contributed by atoms with Crippen LogP contribution in [-0.2, 0) is 0 Å². The van der Waals surface area contributed by atoms with Gasteiger partial charge < -0.3 is 15.8 Å². The Bertz CT molecular complexity index is 446. The largest absolute Gasteiger partial charge is 0.409 e. The second-order valence-electron chi connectivity index (χ2n) is 4.74. The van der Waals surface area contributed by atoms with Crippen LogP contribution in [0.15, 0.2) is 27.8 Å². The topological polar surface area (TPSA) is 61.8 Å². The average Bonchev–Trinajstić information content (AvgIpc) is 2.35. The first-order valence-corrected chi connectivity index (χ1v) is 6.68. The second-order valence-corrected chi connectivity index (χ2v) is 5.66. The van der Waals surface area contributed by atoms with Crippen LogP contribution in [-0.4, -0.2) is 24.1 Å². The molecule has 0 aromatic heterocycles. The zero-order valence-corrected chi connectivity index (χ0v) is 12.8. The summed E-state index contributed by atoms with van der Waals surface area (Å²) in [6.45, 7) is 6.49. The van der Waals surface area contributed by atoms with Crippen molar-refractivity contribution in [1.29, 1.82) is 0 Å². The predicted molar refractivity (Wildman–Crippen MR) is 79.4 cm³/mol. The minimum absolute atomic E-state index is 0.125. The van der Waals surface area contributed by atoms with E-state index in [2.05, 4.69) is 46.8 Å². The molecule has 0 aliphatic carbocycles. The van der Waals surface area contributed by atoms with Gasteiger partial charge in [-0.3, -0.25) is 0 Å². The van der Waals surface area contributed by atoms with E-state index in [9.17, 15) is 0 Å². The van der Waals surface area contributed by atoms with Gasteiger partial charge >= 0.3 is 0 Å². The summed E-state index contributed by atoms with van der Waals surface area (Å²) in [6.07, 6.45) is 0. The van der Waals surface area contributed by atoms with Crippen molar-refractivity contribution in [2.75, 3.05) is 11.9 Å². The number of anilines is 1. The van der Waals surface area contributed by atoms with E-state index in [0.717, 1.165) is 15.7 Å². The Morgan fingerprint density at radius 2 is 2.00 bits per heavy atom. The summed E-state index contributed by atoms with van der Waals surface area (Å²) in [4.78, 5) is 2.14. The third kappa shape index (κ3) is 3.16. The molecule has 0 radical (unpaired) electrons. The molecule has 4 nitrogen and oxygen atoms in total. The molecular formula is C13H20BrN3O. The molecule has 0 bridgehead atoms. The Morgan fingerprint density at radius 3 is 2.50 bits per heavy atom. The van der Waals surface area contributed by atoms with Gasteiger partial charge in [-0.25, -0.2) is 0 Å². The van der Waals surface area contributed by atoms with E-state index in [1.165, 1.54) is 0 Å². The quantitative estimate of drug-likeness (QED) is 0.389. The maximum absolute atomic E-state index is 8.84. The minimum Gasteiger partial charge on any atom is -0.409 e. The molecule has 1 rings (SSSR count). The highest BCUT2D eigenvalue weighted by molar-refractivity contribution is 9.10. The van der Waals surface area contributed by atoms with E-state index in [1.54, 1.807) is 0 Å².